The summed E-state index contributed by atoms with van der Waals surface area (Å²) in [5, 5.41) is 18.6. The first-order valence-electron chi connectivity index (χ1n) is 2.99. The van der Waals surface area contributed by atoms with E-state index in [0.717, 1.165) is 12.8 Å². The molecule has 0 aromatic carbocycles. The van der Waals surface area contributed by atoms with E-state index in [1.165, 1.54) is 0 Å². The fourth-order valence-corrected chi connectivity index (χ4v) is 0. The van der Waals surface area contributed by atoms with Gasteiger partial charge < -0.3 is 10.2 Å². The molecule has 0 amide bonds. The maximum Gasteiger partial charge on any atom is 2.00 e. The molecule has 0 atom stereocenters. The molecule has 0 saturated carbocycles. The summed E-state index contributed by atoms with van der Waals surface area (Å²) in [6.07, 6.45) is 1.53. The van der Waals surface area contributed by atoms with Crippen molar-refractivity contribution in [3.8, 4) is 0 Å². The molecular weight excluding hydrogens is 168 g/mol. The summed E-state index contributed by atoms with van der Waals surface area (Å²) in [5.41, 5.74) is 0. The average molecular weight is 182 g/mol. The fraction of sp³-hybridized carbons (Fsp3) is 1.00. The molecule has 0 heterocycles. The van der Waals surface area contributed by atoms with Gasteiger partial charge in [0.15, 0.2) is 0 Å². The van der Waals surface area contributed by atoms with Crippen LogP contribution in [0.2, 0.25) is 0 Å². The molecule has 61 valence electrons. The van der Waals surface area contributed by atoms with E-state index >= 15 is 0 Å². The van der Waals surface area contributed by atoms with Crippen LogP contribution in [0.4, 0.5) is 0 Å². The third-order valence-electron chi connectivity index (χ3n) is 0.408. The second-order valence-electron chi connectivity index (χ2n) is 1.41. The van der Waals surface area contributed by atoms with Crippen molar-refractivity contribution in [2.45, 2.75) is 26.7 Å². The minimum atomic E-state index is 0. The van der Waals surface area contributed by atoms with Crippen LogP contribution in [0.25, 0.3) is 0 Å². The Morgan fingerprint density at radius 1 is 0.889 bits per heavy atom. The number of rotatable bonds is 2. The van der Waals surface area contributed by atoms with Crippen LogP contribution in [-0.2, 0) is 17.1 Å². The van der Waals surface area contributed by atoms with E-state index in [1.807, 2.05) is 13.8 Å². The van der Waals surface area contributed by atoms with E-state index in [-0.39, 0.29) is 30.3 Å². The maximum absolute atomic E-state index is 9.30. The molecule has 0 spiro atoms. The summed E-state index contributed by atoms with van der Waals surface area (Å²) >= 11 is 0. The second kappa shape index (κ2) is 23.7. The molecule has 0 rings (SSSR count). The Hall–Kier alpha value is 0.439. The molecular formula is C6H14CuO2. The van der Waals surface area contributed by atoms with Crippen molar-refractivity contribution in [1.82, 2.24) is 0 Å². The first kappa shape index (κ1) is 16.2. The third kappa shape index (κ3) is 58.8. The van der Waals surface area contributed by atoms with E-state index in [1.54, 1.807) is 0 Å². The van der Waals surface area contributed by atoms with E-state index in [2.05, 4.69) is 0 Å². The van der Waals surface area contributed by atoms with E-state index < -0.39 is 0 Å². The van der Waals surface area contributed by atoms with Gasteiger partial charge in [-0.1, -0.05) is 26.7 Å². The van der Waals surface area contributed by atoms with Crippen molar-refractivity contribution in [1.29, 1.82) is 0 Å². The van der Waals surface area contributed by atoms with E-state index in [9.17, 15) is 10.2 Å². The summed E-state index contributed by atoms with van der Waals surface area (Å²) in [4.78, 5) is 0. The Kier molecular flexibility index (Phi) is 42.7. The monoisotopic (exact) mass is 181 g/mol. The van der Waals surface area contributed by atoms with Crippen molar-refractivity contribution in [3.63, 3.8) is 0 Å². The molecule has 2 nitrogen and oxygen atoms in total. The molecule has 3 heteroatoms. The van der Waals surface area contributed by atoms with Crippen LogP contribution in [0.3, 0.4) is 0 Å². The molecule has 0 aliphatic carbocycles. The van der Waals surface area contributed by atoms with E-state index in [0.29, 0.717) is 0 Å². The summed E-state index contributed by atoms with van der Waals surface area (Å²) < 4.78 is 0. The standard InChI is InChI=1S/2C3H7O.Cu/c2*1-2-3-4;/h2*2-3H2,1H3;/q2*-1;+2. The summed E-state index contributed by atoms with van der Waals surface area (Å²) in [6, 6.07) is 0. The Morgan fingerprint density at radius 3 is 1.00 bits per heavy atom. The van der Waals surface area contributed by atoms with Gasteiger partial charge in [-0.05, 0) is 0 Å². The minimum absolute atomic E-state index is 0. The van der Waals surface area contributed by atoms with Gasteiger partial charge in [0.1, 0.15) is 0 Å². The first-order chi connectivity index (χ1) is 3.83. The van der Waals surface area contributed by atoms with Crippen molar-refractivity contribution in [3.05, 3.63) is 0 Å². The van der Waals surface area contributed by atoms with Crippen LogP contribution in [0, 0.1) is 0 Å². The predicted molar refractivity (Wildman–Crippen MR) is 30.3 cm³/mol. The van der Waals surface area contributed by atoms with Crippen molar-refractivity contribution in [2.24, 2.45) is 0 Å². The van der Waals surface area contributed by atoms with Crippen molar-refractivity contribution >= 4 is 0 Å². The molecule has 0 aromatic rings. The van der Waals surface area contributed by atoms with Crippen LogP contribution in [0.15, 0.2) is 0 Å². The summed E-state index contributed by atoms with van der Waals surface area (Å²) in [7, 11) is 0. The molecule has 0 N–H and O–H groups in total. The Bertz CT molecular complexity index is 19.0. The predicted octanol–water partition coefficient (Wildman–Crippen LogP) is -0.489. The van der Waals surface area contributed by atoms with E-state index in [4.69, 9.17) is 0 Å². The van der Waals surface area contributed by atoms with Crippen LogP contribution in [-0.4, -0.2) is 13.2 Å². The number of hydrogen-bond acceptors (Lipinski definition) is 2. The first-order valence-corrected chi connectivity index (χ1v) is 2.99. The smallest absolute Gasteiger partial charge is 0.854 e. The van der Waals surface area contributed by atoms with Crippen LogP contribution in [0.5, 0.6) is 0 Å². The molecule has 0 aliphatic rings. The SMILES string of the molecule is CCC[O-].CCC[O-].[Cu+2]. The topological polar surface area (TPSA) is 46.1 Å². The van der Waals surface area contributed by atoms with Crippen LogP contribution in [0.1, 0.15) is 26.7 Å². The quantitative estimate of drug-likeness (QED) is 0.540. The Balaban J connectivity index is -0.0000000720. The van der Waals surface area contributed by atoms with Gasteiger partial charge in [0.2, 0.25) is 0 Å². The van der Waals surface area contributed by atoms with Gasteiger partial charge >= 0.3 is 17.1 Å². The molecule has 1 radical (unpaired) electrons. The molecule has 0 unspecified atom stereocenters. The zero-order valence-corrected chi connectivity index (χ0v) is 6.89. The second-order valence-corrected chi connectivity index (χ2v) is 1.41. The average Bonchev–Trinajstić information content (AvgIpc) is 1.88. The summed E-state index contributed by atoms with van der Waals surface area (Å²) in [5.74, 6) is 0. The van der Waals surface area contributed by atoms with Crippen molar-refractivity contribution < 1.29 is 27.3 Å². The third-order valence-corrected chi connectivity index (χ3v) is 0.408. The van der Waals surface area contributed by atoms with Crippen molar-refractivity contribution in [2.75, 3.05) is 13.2 Å². The normalized spacial score (nSPS) is 6.67. The molecule has 9 heavy (non-hydrogen) atoms. The van der Waals surface area contributed by atoms with Gasteiger partial charge in [-0.3, -0.25) is 0 Å². The van der Waals surface area contributed by atoms with Crippen LogP contribution >= 0.6 is 0 Å². The van der Waals surface area contributed by atoms with Gasteiger partial charge in [0.25, 0.3) is 0 Å². The Morgan fingerprint density at radius 2 is 1.00 bits per heavy atom. The zero-order valence-electron chi connectivity index (χ0n) is 5.95. The van der Waals surface area contributed by atoms with Crippen LogP contribution < -0.4 is 10.2 Å². The maximum atomic E-state index is 9.30. The van der Waals surface area contributed by atoms with Gasteiger partial charge in [-0.2, -0.15) is 0 Å². The zero-order chi connectivity index (χ0) is 6.83. The van der Waals surface area contributed by atoms with Gasteiger partial charge in [-0.25, -0.2) is 0 Å². The van der Waals surface area contributed by atoms with Gasteiger partial charge in [0.05, 0.1) is 0 Å². The Labute approximate surface area is 67.8 Å². The van der Waals surface area contributed by atoms with Gasteiger partial charge in [-0.15, -0.1) is 13.2 Å². The molecule has 0 bridgehead atoms. The minimum Gasteiger partial charge on any atom is -0.854 e. The summed E-state index contributed by atoms with van der Waals surface area (Å²) in [6.45, 7) is 3.88. The van der Waals surface area contributed by atoms with Gasteiger partial charge in [0, 0.05) is 0 Å². The molecule has 0 aromatic heterocycles. The fourth-order valence-electron chi connectivity index (χ4n) is 0. The number of hydrogen-bond donors (Lipinski definition) is 0. The molecule has 0 aliphatic heterocycles. The largest absolute Gasteiger partial charge is 2.00 e. The molecule has 0 saturated heterocycles. The molecule has 0 fully saturated rings.